The second-order valence-corrected chi connectivity index (χ2v) is 5.41. The lowest BCUT2D eigenvalue weighted by molar-refractivity contribution is -0.384. The van der Waals surface area contributed by atoms with Crippen molar-refractivity contribution in [2.45, 2.75) is 44.6 Å². The molecule has 0 radical (unpaired) electrons. The first kappa shape index (κ1) is 14.5. The number of aliphatic hydroxyl groups is 1. The van der Waals surface area contributed by atoms with Gasteiger partial charge in [-0.1, -0.05) is 18.9 Å². The van der Waals surface area contributed by atoms with Gasteiger partial charge in [0.15, 0.2) is 0 Å². The second kappa shape index (κ2) is 5.58. The third-order valence-corrected chi connectivity index (χ3v) is 3.73. The van der Waals surface area contributed by atoms with Crippen LogP contribution in [0, 0.1) is 17.0 Å². The first-order chi connectivity index (χ1) is 9.39. The van der Waals surface area contributed by atoms with Crippen LogP contribution in [0.4, 0.5) is 11.4 Å². The minimum Gasteiger partial charge on any atom is -0.389 e. The summed E-state index contributed by atoms with van der Waals surface area (Å²) in [5.74, 6) is -0.307. The largest absolute Gasteiger partial charge is 0.389 e. The predicted molar refractivity (Wildman–Crippen MR) is 74.5 cm³/mol. The molecule has 1 aromatic carbocycles. The second-order valence-electron chi connectivity index (χ2n) is 5.41. The maximum Gasteiger partial charge on any atom is 0.271 e. The summed E-state index contributed by atoms with van der Waals surface area (Å²) in [4.78, 5) is 22.2. The Morgan fingerprint density at radius 3 is 2.70 bits per heavy atom. The van der Waals surface area contributed by atoms with Gasteiger partial charge in [-0.3, -0.25) is 14.9 Å². The summed E-state index contributed by atoms with van der Waals surface area (Å²) in [5.41, 5.74) is 0.192. The van der Waals surface area contributed by atoms with Gasteiger partial charge in [-0.05, 0) is 25.3 Å². The fourth-order valence-electron chi connectivity index (χ4n) is 2.56. The quantitative estimate of drug-likeness (QED) is 0.653. The molecule has 0 heterocycles. The summed E-state index contributed by atoms with van der Waals surface area (Å²) < 4.78 is 0. The average molecular weight is 278 g/mol. The number of nitrogens with zero attached hydrogens (tertiary/aromatic N) is 1. The molecule has 0 spiro atoms. The highest BCUT2D eigenvalue weighted by molar-refractivity contribution is 5.92. The monoisotopic (exact) mass is 278 g/mol. The van der Waals surface area contributed by atoms with Crippen LogP contribution < -0.4 is 5.32 Å². The number of carbonyl (C=O) groups is 1. The number of carbonyl (C=O) groups excluding carboxylic acids is 1. The molecule has 0 bridgehead atoms. The highest BCUT2D eigenvalue weighted by Gasteiger charge is 2.33. The van der Waals surface area contributed by atoms with Crippen LogP contribution in [0.15, 0.2) is 18.2 Å². The summed E-state index contributed by atoms with van der Waals surface area (Å²) in [5, 5.41) is 23.6. The van der Waals surface area contributed by atoms with E-state index >= 15 is 0 Å². The molecule has 6 nitrogen and oxygen atoms in total. The number of non-ortho nitro benzene ring substituents is 1. The van der Waals surface area contributed by atoms with Crippen molar-refractivity contribution in [3.8, 4) is 0 Å². The van der Waals surface area contributed by atoms with Crippen LogP contribution in [0.25, 0.3) is 0 Å². The van der Waals surface area contributed by atoms with Gasteiger partial charge in [-0.2, -0.15) is 0 Å². The number of hydrogen-bond donors (Lipinski definition) is 2. The Morgan fingerprint density at radius 1 is 1.45 bits per heavy atom. The normalized spacial score (nSPS) is 16.9. The third kappa shape index (κ3) is 3.33. The van der Waals surface area contributed by atoms with Gasteiger partial charge in [0.25, 0.3) is 5.69 Å². The van der Waals surface area contributed by atoms with Gasteiger partial charge in [0.2, 0.25) is 5.91 Å². The zero-order valence-electron chi connectivity index (χ0n) is 11.4. The molecular formula is C14H18N2O4. The Balaban J connectivity index is 2.07. The number of aryl methyl sites for hydroxylation is 1. The Labute approximate surface area is 117 Å². The van der Waals surface area contributed by atoms with E-state index in [1.807, 2.05) is 0 Å². The Kier molecular flexibility index (Phi) is 4.04. The van der Waals surface area contributed by atoms with E-state index in [4.69, 9.17) is 0 Å². The number of hydrogen-bond acceptors (Lipinski definition) is 4. The van der Waals surface area contributed by atoms with Crippen LogP contribution >= 0.6 is 0 Å². The van der Waals surface area contributed by atoms with E-state index in [0.717, 1.165) is 18.4 Å². The fourth-order valence-corrected chi connectivity index (χ4v) is 2.56. The number of benzene rings is 1. The van der Waals surface area contributed by atoms with Crippen LogP contribution in [0.5, 0.6) is 0 Å². The summed E-state index contributed by atoms with van der Waals surface area (Å²) in [6, 6.07) is 4.33. The molecule has 0 saturated heterocycles. The summed E-state index contributed by atoms with van der Waals surface area (Å²) >= 11 is 0. The van der Waals surface area contributed by atoms with E-state index in [0.29, 0.717) is 18.5 Å². The van der Waals surface area contributed by atoms with E-state index in [9.17, 15) is 20.0 Å². The molecule has 0 atom stereocenters. The lowest BCUT2D eigenvalue weighted by Crippen LogP contribution is -2.30. The highest BCUT2D eigenvalue weighted by atomic mass is 16.6. The summed E-state index contributed by atoms with van der Waals surface area (Å²) in [6.45, 7) is 1.77. The van der Waals surface area contributed by atoms with Crippen molar-refractivity contribution in [1.29, 1.82) is 0 Å². The van der Waals surface area contributed by atoms with Gasteiger partial charge in [0.05, 0.1) is 22.6 Å². The molecule has 6 heteroatoms. The SMILES string of the molecule is Cc1ccc([N+](=O)[O-])cc1NC(=O)CC1(O)CCCC1. The molecule has 1 aliphatic rings. The highest BCUT2D eigenvalue weighted by Crippen LogP contribution is 2.32. The lowest BCUT2D eigenvalue weighted by atomic mass is 9.97. The van der Waals surface area contributed by atoms with Gasteiger partial charge >= 0.3 is 0 Å². The Hall–Kier alpha value is -1.95. The molecule has 1 amide bonds. The first-order valence-corrected chi connectivity index (χ1v) is 6.67. The van der Waals surface area contributed by atoms with Crippen molar-refractivity contribution in [1.82, 2.24) is 0 Å². The van der Waals surface area contributed by atoms with Crippen LogP contribution in [-0.4, -0.2) is 21.5 Å². The van der Waals surface area contributed by atoms with Crippen molar-refractivity contribution in [3.63, 3.8) is 0 Å². The van der Waals surface area contributed by atoms with E-state index < -0.39 is 10.5 Å². The topological polar surface area (TPSA) is 92.5 Å². The van der Waals surface area contributed by atoms with Crippen LogP contribution in [0.2, 0.25) is 0 Å². The smallest absolute Gasteiger partial charge is 0.271 e. The number of nitro groups is 1. The number of nitro benzene ring substituents is 1. The molecule has 0 aromatic heterocycles. The van der Waals surface area contributed by atoms with E-state index in [1.54, 1.807) is 13.0 Å². The fraction of sp³-hybridized carbons (Fsp3) is 0.500. The van der Waals surface area contributed by atoms with Crippen LogP contribution in [0.1, 0.15) is 37.7 Å². The molecule has 2 N–H and O–H groups in total. The van der Waals surface area contributed by atoms with Crippen molar-refractivity contribution in [2.24, 2.45) is 0 Å². The molecule has 2 rings (SSSR count). The Bertz CT molecular complexity index is 536. The zero-order chi connectivity index (χ0) is 14.8. The average Bonchev–Trinajstić information content (AvgIpc) is 2.78. The molecule has 108 valence electrons. The van der Waals surface area contributed by atoms with Gasteiger partial charge in [-0.15, -0.1) is 0 Å². The van der Waals surface area contributed by atoms with Crippen LogP contribution in [0.3, 0.4) is 0 Å². The molecule has 1 aliphatic carbocycles. The van der Waals surface area contributed by atoms with E-state index in [1.165, 1.54) is 12.1 Å². The molecule has 0 unspecified atom stereocenters. The third-order valence-electron chi connectivity index (χ3n) is 3.73. The zero-order valence-corrected chi connectivity index (χ0v) is 11.4. The summed E-state index contributed by atoms with van der Waals surface area (Å²) in [6.07, 6.45) is 3.16. The minimum absolute atomic E-state index is 0.0368. The molecule has 20 heavy (non-hydrogen) atoms. The van der Waals surface area contributed by atoms with E-state index in [2.05, 4.69) is 5.32 Å². The Morgan fingerprint density at radius 2 is 2.10 bits per heavy atom. The number of rotatable bonds is 4. The molecule has 1 saturated carbocycles. The van der Waals surface area contributed by atoms with Gasteiger partial charge in [-0.25, -0.2) is 0 Å². The molecule has 0 aliphatic heterocycles. The molecular weight excluding hydrogens is 260 g/mol. The number of nitrogens with one attached hydrogen (secondary N) is 1. The number of anilines is 1. The van der Waals surface area contributed by atoms with Crippen molar-refractivity contribution in [2.75, 3.05) is 5.32 Å². The van der Waals surface area contributed by atoms with Gasteiger partial charge < -0.3 is 10.4 Å². The maximum absolute atomic E-state index is 12.0. The maximum atomic E-state index is 12.0. The van der Waals surface area contributed by atoms with Crippen LogP contribution in [-0.2, 0) is 4.79 Å². The van der Waals surface area contributed by atoms with E-state index in [-0.39, 0.29) is 18.0 Å². The standard InChI is InChI=1S/C14H18N2O4/c1-10-4-5-11(16(19)20)8-12(10)15-13(17)9-14(18)6-2-3-7-14/h4-5,8,18H,2-3,6-7,9H2,1H3,(H,15,17). The predicted octanol–water partition coefficient (Wildman–Crippen LogP) is 2.54. The van der Waals surface area contributed by atoms with Crippen molar-refractivity contribution < 1.29 is 14.8 Å². The lowest BCUT2D eigenvalue weighted by Gasteiger charge is -2.21. The number of amides is 1. The summed E-state index contributed by atoms with van der Waals surface area (Å²) in [7, 11) is 0. The molecule has 1 fully saturated rings. The first-order valence-electron chi connectivity index (χ1n) is 6.67. The van der Waals surface area contributed by atoms with Crippen molar-refractivity contribution in [3.05, 3.63) is 33.9 Å². The van der Waals surface area contributed by atoms with Crippen molar-refractivity contribution >= 4 is 17.3 Å². The van der Waals surface area contributed by atoms with Gasteiger partial charge in [0, 0.05) is 12.1 Å². The molecule has 1 aromatic rings. The minimum atomic E-state index is -0.918. The van der Waals surface area contributed by atoms with Gasteiger partial charge in [0.1, 0.15) is 0 Å².